The average molecular weight is 173 g/mol. The molecule has 0 spiro atoms. The first-order valence-electron chi connectivity index (χ1n) is 4.31. The van der Waals surface area contributed by atoms with Gasteiger partial charge in [0, 0.05) is 12.5 Å². The Balaban J connectivity index is 2.34. The first-order valence-corrected chi connectivity index (χ1v) is 4.31. The zero-order valence-corrected chi connectivity index (χ0v) is 7.25. The van der Waals surface area contributed by atoms with Gasteiger partial charge in [-0.2, -0.15) is 0 Å². The summed E-state index contributed by atoms with van der Waals surface area (Å²) in [5, 5.41) is 12.5. The summed E-state index contributed by atoms with van der Waals surface area (Å²) in [6.07, 6.45) is -0.0973. The van der Waals surface area contributed by atoms with E-state index < -0.39 is 12.1 Å². The molecule has 2 atom stereocenters. The van der Waals surface area contributed by atoms with Crippen LogP contribution < -0.4 is 5.32 Å². The predicted octanol–water partition coefficient (Wildman–Crippen LogP) is -0.480. The number of carbonyl (C=O) groups excluding carboxylic acids is 1. The van der Waals surface area contributed by atoms with Gasteiger partial charge in [0.1, 0.15) is 0 Å². The molecule has 4 nitrogen and oxygen atoms in total. The molecule has 70 valence electrons. The van der Waals surface area contributed by atoms with Gasteiger partial charge in [0.15, 0.2) is 6.10 Å². The third kappa shape index (κ3) is 2.19. The van der Waals surface area contributed by atoms with Gasteiger partial charge in [-0.25, -0.2) is 4.79 Å². The molecule has 0 aromatic heterocycles. The minimum atomic E-state index is -0.944. The lowest BCUT2D eigenvalue weighted by molar-refractivity contribution is -0.155. The van der Waals surface area contributed by atoms with Gasteiger partial charge in [0.05, 0.1) is 6.61 Å². The molecule has 4 heteroatoms. The minimum Gasteiger partial charge on any atom is -0.464 e. The maximum absolute atomic E-state index is 11.0. The largest absolute Gasteiger partial charge is 0.464 e. The monoisotopic (exact) mass is 173 g/mol. The predicted molar refractivity (Wildman–Crippen MR) is 43.6 cm³/mol. The van der Waals surface area contributed by atoms with E-state index >= 15 is 0 Å². The summed E-state index contributed by atoms with van der Waals surface area (Å²) in [4.78, 5) is 11.0. The number of esters is 1. The van der Waals surface area contributed by atoms with Crippen LogP contribution in [0.3, 0.4) is 0 Å². The average Bonchev–Trinajstić information content (AvgIpc) is 2.55. The minimum absolute atomic E-state index is 0.0315. The smallest absolute Gasteiger partial charge is 0.335 e. The van der Waals surface area contributed by atoms with Gasteiger partial charge in [-0.15, -0.1) is 0 Å². The Morgan fingerprint density at radius 3 is 3.08 bits per heavy atom. The molecule has 1 aliphatic heterocycles. The van der Waals surface area contributed by atoms with Crippen molar-refractivity contribution in [2.45, 2.75) is 19.4 Å². The van der Waals surface area contributed by atoms with Crippen LogP contribution in [-0.4, -0.2) is 36.9 Å². The normalized spacial score (nSPS) is 25.3. The molecule has 1 saturated heterocycles. The van der Waals surface area contributed by atoms with Crippen molar-refractivity contribution in [2.75, 3.05) is 19.7 Å². The Kier molecular flexibility index (Phi) is 3.49. The molecule has 0 aromatic rings. The van der Waals surface area contributed by atoms with Gasteiger partial charge in [-0.05, 0) is 19.9 Å². The van der Waals surface area contributed by atoms with E-state index in [4.69, 9.17) is 4.74 Å². The van der Waals surface area contributed by atoms with Crippen molar-refractivity contribution in [1.82, 2.24) is 5.32 Å². The summed E-state index contributed by atoms with van der Waals surface area (Å²) in [5.74, 6) is -0.463. The molecule has 0 radical (unpaired) electrons. The zero-order chi connectivity index (χ0) is 8.97. The lowest BCUT2D eigenvalue weighted by atomic mass is 10.0. The summed E-state index contributed by atoms with van der Waals surface area (Å²) >= 11 is 0. The SMILES string of the molecule is CCOC(=O)C(O)C1CCNC1. The van der Waals surface area contributed by atoms with Crippen LogP contribution in [0.5, 0.6) is 0 Å². The molecule has 0 aromatic carbocycles. The van der Waals surface area contributed by atoms with Gasteiger partial charge >= 0.3 is 5.97 Å². The highest BCUT2D eigenvalue weighted by Crippen LogP contribution is 2.13. The second-order valence-corrected chi connectivity index (χ2v) is 2.95. The van der Waals surface area contributed by atoms with Crippen molar-refractivity contribution >= 4 is 5.97 Å². The highest BCUT2D eigenvalue weighted by molar-refractivity contribution is 5.74. The van der Waals surface area contributed by atoms with Crippen molar-refractivity contribution < 1.29 is 14.6 Å². The molecule has 0 aliphatic carbocycles. The number of aliphatic hydroxyl groups is 1. The molecule has 2 unspecified atom stereocenters. The van der Waals surface area contributed by atoms with E-state index in [2.05, 4.69) is 5.32 Å². The molecule has 2 N–H and O–H groups in total. The fourth-order valence-corrected chi connectivity index (χ4v) is 1.37. The lowest BCUT2D eigenvalue weighted by Crippen LogP contribution is -2.32. The number of carbonyl (C=O) groups is 1. The molecule has 1 fully saturated rings. The van der Waals surface area contributed by atoms with E-state index in [1.807, 2.05) is 0 Å². The maximum Gasteiger partial charge on any atom is 0.335 e. The number of aliphatic hydroxyl groups excluding tert-OH is 1. The van der Waals surface area contributed by atoms with Crippen LogP contribution in [0, 0.1) is 5.92 Å². The summed E-state index contributed by atoms with van der Waals surface area (Å²) < 4.78 is 4.70. The van der Waals surface area contributed by atoms with E-state index in [0.717, 1.165) is 13.0 Å². The Labute approximate surface area is 71.9 Å². The summed E-state index contributed by atoms with van der Waals surface area (Å²) in [6, 6.07) is 0. The molecule has 0 amide bonds. The van der Waals surface area contributed by atoms with Crippen LogP contribution in [-0.2, 0) is 9.53 Å². The Morgan fingerprint density at radius 1 is 1.83 bits per heavy atom. The number of hydrogen-bond acceptors (Lipinski definition) is 4. The quantitative estimate of drug-likeness (QED) is 0.566. The molecule has 0 bridgehead atoms. The second-order valence-electron chi connectivity index (χ2n) is 2.95. The Hall–Kier alpha value is -0.610. The van der Waals surface area contributed by atoms with Crippen LogP contribution in [0.4, 0.5) is 0 Å². The highest BCUT2D eigenvalue weighted by Gasteiger charge is 2.29. The van der Waals surface area contributed by atoms with Gasteiger partial charge < -0.3 is 15.2 Å². The van der Waals surface area contributed by atoms with Crippen LogP contribution in [0.1, 0.15) is 13.3 Å². The van der Waals surface area contributed by atoms with E-state index in [0.29, 0.717) is 13.2 Å². The van der Waals surface area contributed by atoms with Crippen LogP contribution >= 0.6 is 0 Å². The number of hydrogen-bond donors (Lipinski definition) is 2. The molecule has 1 rings (SSSR count). The highest BCUT2D eigenvalue weighted by atomic mass is 16.5. The third-order valence-corrected chi connectivity index (χ3v) is 2.07. The summed E-state index contributed by atoms with van der Waals surface area (Å²) in [6.45, 7) is 3.65. The molecular formula is C8H15NO3. The fourth-order valence-electron chi connectivity index (χ4n) is 1.37. The van der Waals surface area contributed by atoms with Crippen molar-refractivity contribution in [1.29, 1.82) is 0 Å². The van der Waals surface area contributed by atoms with Crippen LogP contribution in [0.2, 0.25) is 0 Å². The molecule has 12 heavy (non-hydrogen) atoms. The lowest BCUT2D eigenvalue weighted by Gasteiger charge is -2.14. The Bertz CT molecular complexity index is 154. The van der Waals surface area contributed by atoms with Crippen molar-refractivity contribution in [3.8, 4) is 0 Å². The number of rotatable bonds is 3. The van der Waals surface area contributed by atoms with Crippen molar-refractivity contribution in [3.63, 3.8) is 0 Å². The van der Waals surface area contributed by atoms with E-state index in [1.54, 1.807) is 6.92 Å². The maximum atomic E-state index is 11.0. The molecule has 0 saturated carbocycles. The second kappa shape index (κ2) is 4.42. The van der Waals surface area contributed by atoms with E-state index in [9.17, 15) is 9.90 Å². The topological polar surface area (TPSA) is 58.6 Å². The summed E-state index contributed by atoms with van der Waals surface area (Å²) in [5.41, 5.74) is 0. The molecule has 1 aliphatic rings. The van der Waals surface area contributed by atoms with Gasteiger partial charge in [0.25, 0.3) is 0 Å². The molecular weight excluding hydrogens is 158 g/mol. The third-order valence-electron chi connectivity index (χ3n) is 2.07. The zero-order valence-electron chi connectivity index (χ0n) is 7.25. The van der Waals surface area contributed by atoms with Crippen molar-refractivity contribution in [2.24, 2.45) is 5.92 Å². The van der Waals surface area contributed by atoms with Crippen LogP contribution in [0.15, 0.2) is 0 Å². The van der Waals surface area contributed by atoms with E-state index in [1.165, 1.54) is 0 Å². The van der Waals surface area contributed by atoms with E-state index in [-0.39, 0.29) is 5.92 Å². The Morgan fingerprint density at radius 2 is 2.58 bits per heavy atom. The van der Waals surface area contributed by atoms with Gasteiger partial charge in [-0.1, -0.05) is 0 Å². The number of nitrogens with one attached hydrogen (secondary N) is 1. The van der Waals surface area contributed by atoms with Crippen molar-refractivity contribution in [3.05, 3.63) is 0 Å². The van der Waals surface area contributed by atoms with Crippen LogP contribution in [0.25, 0.3) is 0 Å². The number of ether oxygens (including phenoxy) is 1. The van der Waals surface area contributed by atoms with Gasteiger partial charge in [-0.3, -0.25) is 0 Å². The standard InChI is InChI=1S/C8H15NO3/c1-2-12-8(11)7(10)6-3-4-9-5-6/h6-7,9-10H,2-5H2,1H3. The first-order chi connectivity index (χ1) is 5.75. The molecule has 1 heterocycles. The fraction of sp³-hybridized carbons (Fsp3) is 0.875. The summed E-state index contributed by atoms with van der Waals surface area (Å²) in [7, 11) is 0. The van der Waals surface area contributed by atoms with Gasteiger partial charge in [0.2, 0.25) is 0 Å². The first kappa shape index (κ1) is 9.48.